The van der Waals surface area contributed by atoms with Gasteiger partial charge in [0.25, 0.3) is 5.91 Å². The first-order chi connectivity index (χ1) is 10.2. The van der Waals surface area contributed by atoms with Crippen LogP contribution in [0.4, 0.5) is 0 Å². The molecule has 0 heterocycles. The van der Waals surface area contributed by atoms with Crippen LogP contribution in [0.3, 0.4) is 0 Å². The molecular formula is C17H25NO4. The summed E-state index contributed by atoms with van der Waals surface area (Å²) in [6.45, 7) is 8.14. The van der Waals surface area contributed by atoms with Gasteiger partial charge in [-0.25, -0.2) is 0 Å². The van der Waals surface area contributed by atoms with Crippen LogP contribution < -0.4 is 10.1 Å². The first kappa shape index (κ1) is 18.0. The first-order valence-corrected chi connectivity index (χ1v) is 7.47. The Bertz CT molecular complexity index is 506. The van der Waals surface area contributed by atoms with Crippen LogP contribution in [-0.4, -0.2) is 30.1 Å². The van der Waals surface area contributed by atoms with Gasteiger partial charge >= 0.3 is 5.97 Å². The van der Waals surface area contributed by atoms with Crippen molar-refractivity contribution >= 4 is 11.9 Å². The second kappa shape index (κ2) is 7.82. The zero-order chi connectivity index (χ0) is 16.8. The number of carboxylic acids is 1. The number of ether oxygens (including phenoxy) is 1. The average molecular weight is 307 g/mol. The molecule has 0 saturated heterocycles. The van der Waals surface area contributed by atoms with Gasteiger partial charge in [0.2, 0.25) is 0 Å². The highest BCUT2D eigenvalue weighted by molar-refractivity contribution is 5.94. The van der Waals surface area contributed by atoms with Crippen molar-refractivity contribution in [3.05, 3.63) is 29.8 Å². The van der Waals surface area contributed by atoms with Gasteiger partial charge in [-0.05, 0) is 50.5 Å². The van der Waals surface area contributed by atoms with E-state index in [0.717, 1.165) is 12.2 Å². The fraction of sp³-hybridized carbons (Fsp3) is 0.529. The minimum atomic E-state index is -0.991. The molecule has 1 aromatic carbocycles. The van der Waals surface area contributed by atoms with Crippen molar-refractivity contribution in [2.45, 2.75) is 34.1 Å². The van der Waals surface area contributed by atoms with E-state index in [1.165, 1.54) is 0 Å². The topological polar surface area (TPSA) is 75.6 Å². The molecule has 22 heavy (non-hydrogen) atoms. The lowest BCUT2D eigenvalue weighted by Crippen LogP contribution is -2.38. The van der Waals surface area contributed by atoms with Gasteiger partial charge in [0.05, 0.1) is 12.0 Å². The molecule has 0 aliphatic heterocycles. The molecule has 0 aliphatic carbocycles. The van der Waals surface area contributed by atoms with Crippen LogP contribution in [0.15, 0.2) is 24.3 Å². The van der Waals surface area contributed by atoms with Crippen LogP contribution in [0, 0.1) is 11.3 Å². The number of carboxylic acid groups (broad SMARTS) is 1. The predicted octanol–water partition coefficient (Wildman–Crippen LogP) is 2.95. The fourth-order valence-corrected chi connectivity index (χ4v) is 1.59. The number of amides is 1. The highest BCUT2D eigenvalue weighted by Gasteiger charge is 2.27. The standard InChI is InChI=1S/C17H25NO4/c1-12(2)9-10-22-14-7-5-13(6-8-14)15(19)18-11-17(3,4)16(20)21/h5-8,12H,9-11H2,1-4H3,(H,18,19)(H,20,21). The summed E-state index contributed by atoms with van der Waals surface area (Å²) in [5, 5.41) is 11.7. The summed E-state index contributed by atoms with van der Waals surface area (Å²) < 4.78 is 5.59. The molecule has 122 valence electrons. The average Bonchev–Trinajstić information content (AvgIpc) is 2.45. The Kier molecular flexibility index (Phi) is 6.40. The number of carbonyl (C=O) groups excluding carboxylic acids is 1. The van der Waals surface area contributed by atoms with E-state index >= 15 is 0 Å². The van der Waals surface area contributed by atoms with E-state index in [4.69, 9.17) is 9.84 Å². The third-order valence-electron chi connectivity index (χ3n) is 3.35. The minimum Gasteiger partial charge on any atom is -0.494 e. The predicted molar refractivity (Wildman–Crippen MR) is 85.1 cm³/mol. The van der Waals surface area contributed by atoms with E-state index in [9.17, 15) is 9.59 Å². The van der Waals surface area contributed by atoms with Crippen molar-refractivity contribution in [2.24, 2.45) is 11.3 Å². The Morgan fingerprint density at radius 1 is 1.23 bits per heavy atom. The SMILES string of the molecule is CC(C)CCOc1ccc(C(=O)NCC(C)(C)C(=O)O)cc1. The van der Waals surface area contributed by atoms with E-state index in [0.29, 0.717) is 18.1 Å². The van der Waals surface area contributed by atoms with Gasteiger partial charge in [-0.15, -0.1) is 0 Å². The van der Waals surface area contributed by atoms with E-state index in [2.05, 4.69) is 19.2 Å². The van der Waals surface area contributed by atoms with E-state index in [1.54, 1.807) is 38.1 Å². The summed E-state index contributed by atoms with van der Waals surface area (Å²) in [4.78, 5) is 23.0. The molecule has 0 unspecified atom stereocenters. The van der Waals surface area contributed by atoms with Crippen molar-refractivity contribution < 1.29 is 19.4 Å². The maximum absolute atomic E-state index is 12.0. The highest BCUT2D eigenvalue weighted by Crippen LogP contribution is 2.15. The monoisotopic (exact) mass is 307 g/mol. The van der Waals surface area contributed by atoms with Crippen molar-refractivity contribution in [3.8, 4) is 5.75 Å². The number of benzene rings is 1. The molecule has 0 aliphatic rings. The molecule has 1 rings (SSSR count). The maximum Gasteiger partial charge on any atom is 0.310 e. The van der Waals surface area contributed by atoms with Crippen LogP contribution in [0.1, 0.15) is 44.5 Å². The Balaban J connectivity index is 2.52. The molecule has 2 N–H and O–H groups in total. The lowest BCUT2D eigenvalue weighted by molar-refractivity contribution is -0.146. The second-order valence-corrected chi connectivity index (χ2v) is 6.43. The van der Waals surface area contributed by atoms with Crippen LogP contribution in [0.25, 0.3) is 0 Å². The molecule has 0 aromatic heterocycles. The quantitative estimate of drug-likeness (QED) is 0.774. The largest absolute Gasteiger partial charge is 0.494 e. The summed E-state index contributed by atoms with van der Waals surface area (Å²) in [7, 11) is 0. The molecule has 1 amide bonds. The lowest BCUT2D eigenvalue weighted by atomic mass is 9.94. The summed E-state index contributed by atoms with van der Waals surface area (Å²) >= 11 is 0. The van der Waals surface area contributed by atoms with Crippen molar-refractivity contribution in [2.75, 3.05) is 13.2 Å². The Labute approximate surface area is 131 Å². The van der Waals surface area contributed by atoms with Gasteiger partial charge in [0.15, 0.2) is 0 Å². The molecule has 0 spiro atoms. The van der Waals surface area contributed by atoms with Crippen LogP contribution in [-0.2, 0) is 4.79 Å². The molecule has 0 saturated carbocycles. The van der Waals surface area contributed by atoms with E-state index in [-0.39, 0.29) is 12.5 Å². The second-order valence-electron chi connectivity index (χ2n) is 6.43. The summed E-state index contributed by atoms with van der Waals surface area (Å²) in [6.07, 6.45) is 0.979. The number of rotatable bonds is 8. The maximum atomic E-state index is 12.0. The normalized spacial score (nSPS) is 11.3. The van der Waals surface area contributed by atoms with Gasteiger partial charge in [-0.1, -0.05) is 13.8 Å². The smallest absolute Gasteiger partial charge is 0.310 e. The molecule has 5 heteroatoms. The molecule has 0 bridgehead atoms. The van der Waals surface area contributed by atoms with Crippen molar-refractivity contribution in [3.63, 3.8) is 0 Å². The molecule has 5 nitrogen and oxygen atoms in total. The van der Waals surface area contributed by atoms with Gasteiger partial charge in [-0.2, -0.15) is 0 Å². The first-order valence-electron chi connectivity index (χ1n) is 7.47. The molecular weight excluding hydrogens is 282 g/mol. The van der Waals surface area contributed by atoms with Gasteiger partial charge in [0.1, 0.15) is 5.75 Å². The van der Waals surface area contributed by atoms with Crippen LogP contribution in [0.2, 0.25) is 0 Å². The Morgan fingerprint density at radius 2 is 1.82 bits per heavy atom. The zero-order valence-corrected chi connectivity index (χ0v) is 13.7. The lowest BCUT2D eigenvalue weighted by Gasteiger charge is -2.19. The zero-order valence-electron chi connectivity index (χ0n) is 13.7. The number of aliphatic carboxylic acids is 1. The summed E-state index contributed by atoms with van der Waals surface area (Å²) in [5.74, 6) is 0.0791. The fourth-order valence-electron chi connectivity index (χ4n) is 1.59. The number of hydrogen-bond donors (Lipinski definition) is 2. The van der Waals surface area contributed by atoms with Gasteiger partial charge < -0.3 is 15.2 Å². The van der Waals surface area contributed by atoms with Crippen LogP contribution in [0.5, 0.6) is 5.75 Å². The third-order valence-corrected chi connectivity index (χ3v) is 3.35. The minimum absolute atomic E-state index is 0.0772. The molecule has 0 atom stereocenters. The number of nitrogens with one attached hydrogen (secondary N) is 1. The molecule has 0 fully saturated rings. The van der Waals surface area contributed by atoms with Crippen molar-refractivity contribution in [1.29, 1.82) is 0 Å². The number of carbonyl (C=O) groups is 2. The van der Waals surface area contributed by atoms with Gasteiger partial charge in [0, 0.05) is 12.1 Å². The van der Waals surface area contributed by atoms with E-state index < -0.39 is 11.4 Å². The Hall–Kier alpha value is -2.04. The van der Waals surface area contributed by atoms with Gasteiger partial charge in [-0.3, -0.25) is 9.59 Å². The highest BCUT2D eigenvalue weighted by atomic mass is 16.5. The van der Waals surface area contributed by atoms with E-state index in [1.807, 2.05) is 0 Å². The van der Waals surface area contributed by atoms with Crippen LogP contribution >= 0.6 is 0 Å². The summed E-state index contributed by atoms with van der Waals surface area (Å²) in [6, 6.07) is 6.84. The summed E-state index contributed by atoms with van der Waals surface area (Å²) in [5.41, 5.74) is -0.507. The third kappa shape index (κ3) is 5.76. The molecule has 0 radical (unpaired) electrons. The molecule has 1 aromatic rings. The Morgan fingerprint density at radius 3 is 2.32 bits per heavy atom. The number of hydrogen-bond acceptors (Lipinski definition) is 3. The van der Waals surface area contributed by atoms with Crippen molar-refractivity contribution in [1.82, 2.24) is 5.32 Å².